The summed E-state index contributed by atoms with van der Waals surface area (Å²) in [7, 11) is 0. The quantitative estimate of drug-likeness (QED) is 0.722. The van der Waals surface area contributed by atoms with Crippen LogP contribution in [0.1, 0.15) is 11.5 Å². The molecule has 0 saturated carbocycles. The fraction of sp³-hybridized carbons (Fsp3) is 0.174. The Kier molecular flexibility index (Phi) is 4.99. The number of anilines is 1. The second-order valence-corrected chi connectivity index (χ2v) is 6.86. The molecule has 1 heterocycles. The van der Waals surface area contributed by atoms with Crippen LogP contribution in [0, 0.1) is 11.7 Å². The molecule has 1 saturated heterocycles. The molecule has 1 fully saturated rings. The molecular formula is C23H21FN2O. The third-order valence-corrected chi connectivity index (χ3v) is 5.07. The number of halogens is 1. The van der Waals surface area contributed by atoms with Gasteiger partial charge in [-0.05, 0) is 41.0 Å². The SMILES string of the molecule is O=C(Nc1cccc(-c2ccccc2)c1)[C@H]1CNC[C@@H]1c1cccc(F)c1. The summed E-state index contributed by atoms with van der Waals surface area (Å²) in [6.45, 7) is 1.26. The number of hydrogen-bond donors (Lipinski definition) is 2. The van der Waals surface area contributed by atoms with Crippen molar-refractivity contribution >= 4 is 11.6 Å². The maximum absolute atomic E-state index is 13.6. The molecule has 3 aromatic rings. The Balaban J connectivity index is 1.52. The number of nitrogens with one attached hydrogen (secondary N) is 2. The predicted octanol–water partition coefficient (Wildman–Crippen LogP) is 4.43. The maximum Gasteiger partial charge on any atom is 0.229 e. The van der Waals surface area contributed by atoms with Crippen LogP contribution >= 0.6 is 0 Å². The van der Waals surface area contributed by atoms with Crippen molar-refractivity contribution in [3.8, 4) is 11.1 Å². The summed E-state index contributed by atoms with van der Waals surface area (Å²) in [6.07, 6.45) is 0. The Morgan fingerprint density at radius 3 is 2.48 bits per heavy atom. The number of hydrogen-bond acceptors (Lipinski definition) is 2. The van der Waals surface area contributed by atoms with E-state index in [9.17, 15) is 9.18 Å². The smallest absolute Gasteiger partial charge is 0.229 e. The van der Waals surface area contributed by atoms with Gasteiger partial charge < -0.3 is 10.6 Å². The van der Waals surface area contributed by atoms with Crippen molar-refractivity contribution in [2.24, 2.45) is 5.92 Å². The first kappa shape index (κ1) is 17.4. The van der Waals surface area contributed by atoms with E-state index in [1.807, 2.05) is 60.7 Å². The fourth-order valence-corrected chi connectivity index (χ4v) is 3.68. The molecule has 4 rings (SSSR count). The first-order chi connectivity index (χ1) is 13.2. The molecule has 0 bridgehead atoms. The van der Waals surface area contributed by atoms with Crippen molar-refractivity contribution in [2.45, 2.75) is 5.92 Å². The van der Waals surface area contributed by atoms with Crippen LogP contribution < -0.4 is 10.6 Å². The van der Waals surface area contributed by atoms with Crippen LogP contribution in [0.25, 0.3) is 11.1 Å². The zero-order chi connectivity index (χ0) is 18.6. The molecule has 4 heteroatoms. The number of benzene rings is 3. The Morgan fingerprint density at radius 2 is 1.67 bits per heavy atom. The minimum absolute atomic E-state index is 0.0296. The summed E-state index contributed by atoms with van der Waals surface area (Å²) >= 11 is 0. The van der Waals surface area contributed by atoms with Gasteiger partial charge in [0, 0.05) is 24.7 Å². The second kappa shape index (κ2) is 7.72. The van der Waals surface area contributed by atoms with Gasteiger partial charge in [0.1, 0.15) is 5.82 Å². The standard InChI is InChI=1S/C23H21FN2O/c24-19-10-4-9-18(12-19)21-14-25-15-22(21)23(27)26-20-11-5-8-17(13-20)16-6-2-1-3-7-16/h1-13,21-22,25H,14-15H2,(H,26,27)/t21-,22+/m1/s1. The Morgan fingerprint density at radius 1 is 0.889 bits per heavy atom. The van der Waals surface area contributed by atoms with Crippen molar-refractivity contribution in [2.75, 3.05) is 18.4 Å². The van der Waals surface area contributed by atoms with Crippen LogP contribution in [0.5, 0.6) is 0 Å². The zero-order valence-electron chi connectivity index (χ0n) is 14.9. The van der Waals surface area contributed by atoms with Gasteiger partial charge in [-0.2, -0.15) is 0 Å². The van der Waals surface area contributed by atoms with E-state index < -0.39 is 0 Å². The molecule has 0 aliphatic carbocycles. The average molecular weight is 360 g/mol. The maximum atomic E-state index is 13.6. The largest absolute Gasteiger partial charge is 0.326 e. The molecule has 0 spiro atoms. The lowest BCUT2D eigenvalue weighted by atomic mass is 9.88. The van der Waals surface area contributed by atoms with Gasteiger partial charge in [-0.3, -0.25) is 4.79 Å². The lowest BCUT2D eigenvalue weighted by molar-refractivity contribution is -0.119. The summed E-state index contributed by atoms with van der Waals surface area (Å²) in [6, 6.07) is 24.4. The Bertz CT molecular complexity index is 942. The van der Waals surface area contributed by atoms with Crippen molar-refractivity contribution < 1.29 is 9.18 Å². The molecule has 1 amide bonds. The van der Waals surface area contributed by atoms with Crippen molar-refractivity contribution in [1.82, 2.24) is 5.32 Å². The van der Waals surface area contributed by atoms with Crippen LogP contribution in [0.4, 0.5) is 10.1 Å². The third-order valence-electron chi connectivity index (χ3n) is 5.07. The van der Waals surface area contributed by atoms with E-state index >= 15 is 0 Å². The Hall–Kier alpha value is -2.98. The van der Waals surface area contributed by atoms with E-state index in [0.29, 0.717) is 13.1 Å². The molecule has 1 aliphatic rings. The highest BCUT2D eigenvalue weighted by molar-refractivity contribution is 5.94. The monoisotopic (exact) mass is 360 g/mol. The molecule has 1 aliphatic heterocycles. The van der Waals surface area contributed by atoms with E-state index in [1.165, 1.54) is 12.1 Å². The van der Waals surface area contributed by atoms with E-state index in [1.54, 1.807) is 6.07 Å². The van der Waals surface area contributed by atoms with Crippen LogP contribution in [0.3, 0.4) is 0 Å². The van der Waals surface area contributed by atoms with Gasteiger partial charge in [0.15, 0.2) is 0 Å². The molecule has 2 N–H and O–H groups in total. The van der Waals surface area contributed by atoms with Crippen molar-refractivity contribution in [3.63, 3.8) is 0 Å². The van der Waals surface area contributed by atoms with Gasteiger partial charge in [-0.15, -0.1) is 0 Å². The first-order valence-corrected chi connectivity index (χ1v) is 9.13. The van der Waals surface area contributed by atoms with E-state index in [2.05, 4.69) is 10.6 Å². The van der Waals surface area contributed by atoms with E-state index in [0.717, 1.165) is 22.4 Å². The highest BCUT2D eigenvalue weighted by atomic mass is 19.1. The molecule has 27 heavy (non-hydrogen) atoms. The minimum atomic E-state index is -0.269. The number of carbonyl (C=O) groups is 1. The van der Waals surface area contributed by atoms with Crippen molar-refractivity contribution in [1.29, 1.82) is 0 Å². The van der Waals surface area contributed by atoms with Crippen LogP contribution in [0.2, 0.25) is 0 Å². The lowest BCUT2D eigenvalue weighted by Gasteiger charge is -2.19. The van der Waals surface area contributed by atoms with E-state index in [4.69, 9.17) is 0 Å². The zero-order valence-corrected chi connectivity index (χ0v) is 14.9. The molecule has 0 unspecified atom stereocenters. The van der Waals surface area contributed by atoms with E-state index in [-0.39, 0.29) is 23.6 Å². The number of rotatable bonds is 4. The molecule has 2 atom stereocenters. The topological polar surface area (TPSA) is 41.1 Å². The molecule has 3 aromatic carbocycles. The van der Waals surface area contributed by atoms with Gasteiger partial charge in [0.05, 0.1) is 5.92 Å². The predicted molar refractivity (Wildman–Crippen MR) is 106 cm³/mol. The van der Waals surface area contributed by atoms with Gasteiger partial charge in [0.25, 0.3) is 0 Å². The molecular weight excluding hydrogens is 339 g/mol. The summed E-state index contributed by atoms with van der Waals surface area (Å²) in [5.41, 5.74) is 3.79. The first-order valence-electron chi connectivity index (χ1n) is 9.13. The van der Waals surface area contributed by atoms with Crippen LogP contribution in [-0.2, 0) is 4.79 Å². The number of carbonyl (C=O) groups excluding carboxylic acids is 1. The normalized spacial score (nSPS) is 19.0. The molecule has 0 aromatic heterocycles. The third kappa shape index (κ3) is 3.91. The van der Waals surface area contributed by atoms with Gasteiger partial charge in [0.2, 0.25) is 5.91 Å². The highest BCUT2D eigenvalue weighted by Gasteiger charge is 2.34. The molecule has 136 valence electrons. The van der Waals surface area contributed by atoms with Gasteiger partial charge in [-0.1, -0.05) is 54.6 Å². The summed E-state index contributed by atoms with van der Waals surface area (Å²) in [5, 5.41) is 6.30. The van der Waals surface area contributed by atoms with Gasteiger partial charge >= 0.3 is 0 Å². The highest BCUT2D eigenvalue weighted by Crippen LogP contribution is 2.30. The summed E-state index contributed by atoms with van der Waals surface area (Å²) < 4.78 is 13.6. The van der Waals surface area contributed by atoms with Gasteiger partial charge in [-0.25, -0.2) is 4.39 Å². The van der Waals surface area contributed by atoms with Crippen LogP contribution in [0.15, 0.2) is 78.9 Å². The second-order valence-electron chi connectivity index (χ2n) is 6.86. The minimum Gasteiger partial charge on any atom is -0.326 e. The summed E-state index contributed by atoms with van der Waals surface area (Å²) in [4.78, 5) is 12.9. The lowest BCUT2D eigenvalue weighted by Crippen LogP contribution is -2.28. The Labute approximate surface area is 158 Å². The fourth-order valence-electron chi connectivity index (χ4n) is 3.68. The van der Waals surface area contributed by atoms with Crippen molar-refractivity contribution in [3.05, 3.63) is 90.2 Å². The number of amides is 1. The molecule has 0 radical (unpaired) electrons. The summed E-state index contributed by atoms with van der Waals surface area (Å²) in [5.74, 6) is -0.571. The molecule has 3 nitrogen and oxygen atoms in total. The average Bonchev–Trinajstić information content (AvgIpc) is 3.19. The van der Waals surface area contributed by atoms with Crippen LogP contribution in [-0.4, -0.2) is 19.0 Å².